The first kappa shape index (κ1) is 106. The first-order chi connectivity index (χ1) is 67.8. The average molecular weight is 1960 g/mol. The number of phenols is 4. The first-order valence-electron chi connectivity index (χ1n) is 46.6. The highest BCUT2D eigenvalue weighted by atomic mass is 16.3. The number of amides is 14. The number of nitrogens with one attached hydrogen (secondary N) is 14. The first-order valence-corrected chi connectivity index (χ1v) is 46.6. The van der Waals surface area contributed by atoms with Crippen molar-refractivity contribution in [1.82, 2.24) is 104 Å². The molecule has 45 heteroatoms. The minimum Gasteiger partial charge on any atom is -0.508 e. The predicted octanol–water partition coefficient (Wildman–Crippen LogP) is -1.56. The zero-order valence-electron chi connectivity index (χ0n) is 78.9. The number of aromatic hydroxyl groups is 4. The minimum atomic E-state index is -1.40. The number of primary amides is 2. The maximum absolute atomic E-state index is 14.6. The fourth-order valence-corrected chi connectivity index (χ4v) is 16.1. The molecule has 2 aliphatic heterocycles. The van der Waals surface area contributed by atoms with Crippen LogP contribution >= 0.6 is 0 Å². The Morgan fingerprint density at radius 2 is 0.704 bits per heavy atom. The standard InChI is InChI=1S/C49H63N15O9.C48H60N12O9/c1-27-43(68)59-39(21-28-11-15-32(65)16-12-28)46(71)57-37(42(51)67)9-4-5-20-64-26-31(62-63-64)24-35(50)44(69)60-41(23-30-25-55-36-8-3-2-7-34(30)36)48(73)61-40(22-29-13-17-33(66)18-14-29)47(72)58-38(45(70)56-27)10-6-19-54-49(52)53;1-26(2)41-48(69)52-27(3)43(64)54-38(20-28-11-15-32(61)16-12-28)45(66)53-37(42(50)63)10-6-7-19-60-25-31(58-59-60)23-35(49)44(65)55-40(22-30-24-51-36-9-5-4-8-34(30)36)46(67)56-39(47(68)57-41)21-29-13-17-33(62)18-14-29/h2-3,7-8,11-18,25-27,35,37-41,55,65-66H,4-6,9-10,19-24,50H2,1H3,(H2,51,67)(H,56,70)(H,57,71)(H,58,72)(H,59,68)(H,60,69)(H,61,73)(H4,52,53,54);4-5,8-9,11-18,24-27,35,37-41,51,61-62H,6-7,10,19-23,49H2,1-3H3,(H2,50,63)(H,52,69)(H,53,66)(H,54,64)(H,55,65)(H,56,67)(H,57,68)/t2*27-,35+,37+,38-,39-,40-,41-/m11/s1. The molecule has 45 nitrogen and oxygen atoms in total. The van der Waals surface area contributed by atoms with E-state index in [2.05, 4.69) is 99.4 Å². The van der Waals surface area contributed by atoms with E-state index in [-0.39, 0.29) is 113 Å². The van der Waals surface area contributed by atoms with Gasteiger partial charge >= 0.3 is 0 Å². The maximum Gasteiger partial charge on any atom is 0.243 e. The zero-order valence-corrected chi connectivity index (χ0v) is 78.9. The van der Waals surface area contributed by atoms with Gasteiger partial charge in [0.05, 0.1) is 23.5 Å². The number of hydrogen-bond donors (Lipinski definition) is 24. The van der Waals surface area contributed by atoms with Crippen molar-refractivity contribution in [2.24, 2.45) is 45.3 Å². The molecule has 14 amide bonds. The van der Waals surface area contributed by atoms with Crippen molar-refractivity contribution in [3.63, 3.8) is 0 Å². The molecular weight excluding hydrogens is 1830 g/mol. The van der Waals surface area contributed by atoms with E-state index in [0.29, 0.717) is 83.5 Å². The SMILES string of the molecule is CC(C)[C@H]1NC(=O)[C@@H](Cc2ccc(O)cc2)NC(=O)[C@@H](Cc2c[nH]c3ccccc23)NC(=O)[C@@H](N)Cc2cn(nn2)CCCC[C@@H](C(N)=O)NC(=O)[C@@H](Cc2ccc(O)cc2)NC(=O)[C@@H](C)NC1=O.C[C@H]1NC(=O)[C@@H](CCCN=C(N)N)NC(=O)[C@@H](Cc2ccc(O)cc2)NC(=O)[C@@H](Cc2c[nH]c3ccccc23)NC(=O)[C@@H](N)Cc2cn(nn2)CCCC[C@@H](C(N)=O)NC(=O)[C@@H](Cc2ccc(O)cc2)NC1=O. The van der Waals surface area contributed by atoms with Crippen molar-refractivity contribution in [2.75, 3.05) is 6.54 Å². The molecule has 0 radical (unpaired) electrons. The lowest BCUT2D eigenvalue weighted by molar-refractivity contribution is -0.135. The number of aromatic nitrogens is 8. The van der Waals surface area contributed by atoms with Gasteiger partial charge in [0.25, 0.3) is 0 Å². The van der Waals surface area contributed by atoms with Crippen LogP contribution in [-0.4, -0.2) is 240 Å². The van der Waals surface area contributed by atoms with E-state index in [9.17, 15) is 87.5 Å². The Kier molecular flexibility index (Phi) is 38.0. The number of carbonyl (C=O) groups excluding carboxylic acids is 14. The van der Waals surface area contributed by atoms with E-state index in [1.165, 1.54) is 67.1 Å². The molecular formula is C97H123N27O18. The normalized spacial score (nSPS) is 22.8. The van der Waals surface area contributed by atoms with Crippen molar-refractivity contribution in [3.05, 3.63) is 215 Å². The topological polar surface area (TPSA) is 726 Å². The zero-order chi connectivity index (χ0) is 102. The lowest BCUT2D eigenvalue weighted by Gasteiger charge is -2.28. The number of phenolic OH excluding ortho intramolecular Hbond substituents is 4. The van der Waals surface area contributed by atoms with Crippen LogP contribution in [-0.2, 0) is 132 Å². The molecule has 12 rings (SSSR count). The van der Waals surface area contributed by atoms with E-state index in [1.54, 1.807) is 91.8 Å². The molecule has 0 unspecified atom stereocenters. The van der Waals surface area contributed by atoms with Gasteiger partial charge in [0.2, 0.25) is 82.7 Å². The van der Waals surface area contributed by atoms with Crippen LogP contribution in [0, 0.1) is 5.92 Å². The Balaban J connectivity index is 0.000000272. The highest BCUT2D eigenvalue weighted by molar-refractivity contribution is 6.01. The van der Waals surface area contributed by atoms with Crippen molar-refractivity contribution in [2.45, 2.75) is 228 Å². The summed E-state index contributed by atoms with van der Waals surface area (Å²) >= 11 is 0. The molecule has 10 aromatic rings. The lowest BCUT2D eigenvalue weighted by Crippen LogP contribution is -2.61. The molecule has 6 aromatic carbocycles. The van der Waals surface area contributed by atoms with Gasteiger partial charge in [0.15, 0.2) is 5.96 Å². The number of H-pyrrole nitrogens is 2. The number of rotatable bonds is 19. The fourth-order valence-electron chi connectivity index (χ4n) is 16.1. The molecule has 2 aliphatic rings. The van der Waals surface area contributed by atoms with Gasteiger partial charge in [-0.05, 0) is 165 Å². The monoisotopic (exact) mass is 1950 g/mol. The van der Waals surface area contributed by atoms with Crippen LogP contribution in [0.2, 0.25) is 0 Å². The van der Waals surface area contributed by atoms with E-state index in [4.69, 9.17) is 34.4 Å². The number of benzene rings is 6. The molecule has 754 valence electrons. The minimum absolute atomic E-state index is 0.0114. The number of nitrogens with zero attached hydrogens (tertiary/aromatic N) is 7. The van der Waals surface area contributed by atoms with E-state index in [1.807, 2.05) is 48.5 Å². The summed E-state index contributed by atoms with van der Waals surface area (Å²) in [4.78, 5) is 205. The summed E-state index contributed by atoms with van der Waals surface area (Å²) in [6.07, 6.45) is 8.21. The highest BCUT2D eigenvalue weighted by Gasteiger charge is 2.39. The van der Waals surface area contributed by atoms with Crippen LogP contribution in [0.5, 0.6) is 23.0 Å². The van der Waals surface area contributed by atoms with E-state index >= 15 is 0 Å². The second kappa shape index (κ2) is 50.8. The van der Waals surface area contributed by atoms with Crippen molar-refractivity contribution >= 4 is 110 Å². The van der Waals surface area contributed by atoms with Gasteiger partial charge in [-0.25, -0.2) is 0 Å². The van der Waals surface area contributed by atoms with Gasteiger partial charge < -0.3 is 129 Å². The number of carbonyl (C=O) groups is 14. The summed E-state index contributed by atoms with van der Waals surface area (Å²) in [5.74, 6) is -11.6. The maximum atomic E-state index is 14.6. The number of aromatic amines is 2. The van der Waals surface area contributed by atoms with Gasteiger partial charge in [0, 0.05) is 118 Å². The van der Waals surface area contributed by atoms with Crippen molar-refractivity contribution < 1.29 is 87.5 Å². The predicted molar refractivity (Wildman–Crippen MR) is 520 cm³/mol. The summed E-state index contributed by atoms with van der Waals surface area (Å²) in [6.45, 7) is 6.85. The molecule has 30 N–H and O–H groups in total. The molecule has 0 saturated carbocycles. The van der Waals surface area contributed by atoms with Gasteiger partial charge in [0.1, 0.15) is 95.5 Å². The third kappa shape index (κ3) is 31.6. The Hall–Kier alpha value is -16.4. The summed E-state index contributed by atoms with van der Waals surface area (Å²) in [6, 6.07) is 20.9. The molecule has 6 heterocycles. The summed E-state index contributed by atoms with van der Waals surface area (Å²) in [7, 11) is 0. The average Bonchev–Trinajstić information content (AvgIpc) is 1.67. The molecule has 0 fully saturated rings. The second-order valence-corrected chi connectivity index (χ2v) is 35.7. The highest BCUT2D eigenvalue weighted by Crippen LogP contribution is 2.25. The summed E-state index contributed by atoms with van der Waals surface area (Å²) in [5.41, 5.74) is 41.3. The van der Waals surface area contributed by atoms with Gasteiger partial charge in [-0.2, -0.15) is 0 Å². The number of guanidine groups is 1. The molecule has 0 spiro atoms. The van der Waals surface area contributed by atoms with Crippen molar-refractivity contribution in [1.29, 1.82) is 0 Å². The quantitative estimate of drug-likeness (QED) is 0.0247. The third-order valence-corrected chi connectivity index (χ3v) is 24.1. The van der Waals surface area contributed by atoms with Crippen LogP contribution in [0.3, 0.4) is 0 Å². The molecule has 0 saturated heterocycles. The van der Waals surface area contributed by atoms with Gasteiger partial charge in [-0.3, -0.25) is 81.5 Å². The number of aliphatic imine (C=N–C) groups is 1. The smallest absolute Gasteiger partial charge is 0.243 e. The second-order valence-electron chi connectivity index (χ2n) is 35.7. The molecule has 14 atom stereocenters. The lowest BCUT2D eigenvalue weighted by atomic mass is 9.99. The van der Waals surface area contributed by atoms with E-state index < -0.39 is 173 Å². The van der Waals surface area contributed by atoms with Crippen LogP contribution in [0.1, 0.15) is 124 Å². The Labute approximate surface area is 816 Å². The Morgan fingerprint density at radius 1 is 0.387 bits per heavy atom. The van der Waals surface area contributed by atoms with Crippen LogP contribution in [0.15, 0.2) is 175 Å². The summed E-state index contributed by atoms with van der Waals surface area (Å²) in [5, 5.41) is 90.5. The largest absolute Gasteiger partial charge is 0.508 e. The fraction of sp³-hybridized carbons (Fsp3) is 0.392. The molecule has 142 heavy (non-hydrogen) atoms. The van der Waals surface area contributed by atoms with Gasteiger partial charge in [-0.15, -0.1) is 10.2 Å². The number of fused-ring (bicyclic) bond motifs is 6. The third-order valence-electron chi connectivity index (χ3n) is 24.1. The number of hydrogen-bond acceptors (Lipinski definition) is 25. The Bertz CT molecular complexity index is 6100. The van der Waals surface area contributed by atoms with Crippen molar-refractivity contribution in [3.8, 4) is 23.0 Å². The number of aryl methyl sites for hydroxylation is 2. The summed E-state index contributed by atoms with van der Waals surface area (Å²) < 4.78 is 3.08. The number of nitrogens with two attached hydrogens (primary N) is 6. The van der Waals surface area contributed by atoms with Crippen LogP contribution < -0.4 is 98.2 Å². The van der Waals surface area contributed by atoms with Gasteiger partial charge in [-0.1, -0.05) is 109 Å². The Morgan fingerprint density at radius 3 is 1.06 bits per heavy atom. The number of para-hydroxylation sites is 2. The molecule has 0 aliphatic carbocycles. The van der Waals surface area contributed by atoms with Crippen LogP contribution in [0.25, 0.3) is 21.8 Å². The van der Waals surface area contributed by atoms with Crippen LogP contribution in [0.4, 0.5) is 0 Å². The molecule has 4 bridgehead atoms. The molecule has 4 aromatic heterocycles. The van der Waals surface area contributed by atoms with E-state index in [0.717, 1.165) is 21.8 Å².